The number of halogens is 1. The summed E-state index contributed by atoms with van der Waals surface area (Å²) >= 11 is 0. The number of carbonyl (C=O) groups is 1. The number of phenolic OH excluding ortho intramolecular Hbond substituents is 1. The van der Waals surface area contributed by atoms with Crippen molar-refractivity contribution in [2.75, 3.05) is 17.6 Å². The highest BCUT2D eigenvalue weighted by atomic mass is 32.2. The van der Waals surface area contributed by atoms with E-state index in [0.29, 0.717) is 16.5 Å². The van der Waals surface area contributed by atoms with Crippen molar-refractivity contribution >= 4 is 32.5 Å². The lowest BCUT2D eigenvalue weighted by molar-refractivity contribution is 0.0763. The molecule has 0 unspecified atom stereocenters. The topological polar surface area (TPSA) is 90.8 Å². The van der Waals surface area contributed by atoms with Gasteiger partial charge >= 0.3 is 0 Å². The second kappa shape index (κ2) is 6.94. The summed E-state index contributed by atoms with van der Waals surface area (Å²) in [5.41, 5.74) is 1.89. The SMILES string of the molecule is Cc1ccc(CN2Cc3c(c(O)c4ncccc4c3N(C)S(C)(=O)=O)C2=O)c(F)c1. The van der Waals surface area contributed by atoms with Gasteiger partial charge in [-0.15, -0.1) is 0 Å². The standard InChI is InChI=1S/C21H20FN3O4S/c1-12-6-7-13(16(22)9-12)10-25-11-15-17(21(25)27)20(26)18-14(5-4-8-23-18)19(15)24(2)30(3,28)29/h4-9,26H,10-11H2,1-3H3. The predicted octanol–water partition coefficient (Wildman–Crippen LogP) is 2.94. The highest BCUT2D eigenvalue weighted by molar-refractivity contribution is 7.92. The maximum Gasteiger partial charge on any atom is 0.258 e. The monoisotopic (exact) mass is 429 g/mol. The zero-order valence-electron chi connectivity index (χ0n) is 16.7. The number of aromatic hydroxyl groups is 1. The molecule has 0 atom stereocenters. The Morgan fingerprint density at radius 3 is 2.70 bits per heavy atom. The van der Waals surface area contributed by atoms with Crippen LogP contribution in [0.1, 0.15) is 27.0 Å². The van der Waals surface area contributed by atoms with E-state index in [-0.39, 0.29) is 35.6 Å². The van der Waals surface area contributed by atoms with E-state index in [1.165, 1.54) is 24.2 Å². The number of amides is 1. The lowest BCUT2D eigenvalue weighted by Gasteiger charge is -2.22. The van der Waals surface area contributed by atoms with E-state index >= 15 is 0 Å². The largest absolute Gasteiger partial charge is 0.505 e. The summed E-state index contributed by atoms with van der Waals surface area (Å²) in [6.45, 7) is 1.80. The minimum absolute atomic E-state index is 0.000722. The molecule has 1 N–H and O–H groups in total. The maximum atomic E-state index is 14.3. The van der Waals surface area contributed by atoms with Crippen LogP contribution in [0.15, 0.2) is 36.5 Å². The number of hydrogen-bond acceptors (Lipinski definition) is 5. The first-order valence-corrected chi connectivity index (χ1v) is 11.0. The molecule has 30 heavy (non-hydrogen) atoms. The summed E-state index contributed by atoms with van der Waals surface area (Å²) in [6, 6.07) is 8.03. The molecule has 7 nitrogen and oxygen atoms in total. The van der Waals surface area contributed by atoms with Gasteiger partial charge in [0.1, 0.15) is 11.3 Å². The zero-order valence-corrected chi connectivity index (χ0v) is 17.5. The van der Waals surface area contributed by atoms with Gasteiger partial charge in [-0.25, -0.2) is 12.8 Å². The smallest absolute Gasteiger partial charge is 0.258 e. The van der Waals surface area contributed by atoms with Crippen LogP contribution in [0.4, 0.5) is 10.1 Å². The van der Waals surface area contributed by atoms with Gasteiger partial charge in [-0.3, -0.25) is 14.1 Å². The summed E-state index contributed by atoms with van der Waals surface area (Å²) in [5, 5.41) is 11.2. The molecule has 1 aliphatic heterocycles. The van der Waals surface area contributed by atoms with Crippen molar-refractivity contribution in [1.82, 2.24) is 9.88 Å². The molecule has 1 aliphatic rings. The fourth-order valence-electron chi connectivity index (χ4n) is 3.77. The zero-order chi connectivity index (χ0) is 21.8. The molecular weight excluding hydrogens is 409 g/mol. The Bertz CT molecular complexity index is 1310. The molecule has 0 aliphatic carbocycles. The lowest BCUT2D eigenvalue weighted by atomic mass is 10.0. The molecule has 1 aromatic heterocycles. The first kappa shape index (κ1) is 20.1. The number of rotatable bonds is 4. The van der Waals surface area contributed by atoms with Crippen LogP contribution in [0, 0.1) is 12.7 Å². The summed E-state index contributed by atoms with van der Waals surface area (Å²) < 4.78 is 40.0. The average Bonchev–Trinajstić information content (AvgIpc) is 3.00. The van der Waals surface area contributed by atoms with Crippen molar-refractivity contribution in [3.63, 3.8) is 0 Å². The number of nitrogens with zero attached hydrogens (tertiary/aromatic N) is 3. The van der Waals surface area contributed by atoms with E-state index in [2.05, 4.69) is 4.98 Å². The highest BCUT2D eigenvalue weighted by Crippen LogP contribution is 2.44. The van der Waals surface area contributed by atoms with Crippen LogP contribution in [-0.4, -0.2) is 42.6 Å². The van der Waals surface area contributed by atoms with Gasteiger partial charge in [-0.2, -0.15) is 0 Å². The normalized spacial score (nSPS) is 13.7. The molecule has 0 saturated heterocycles. The fourth-order valence-corrected chi connectivity index (χ4v) is 4.31. The quantitative estimate of drug-likeness (QED) is 0.689. The van der Waals surface area contributed by atoms with E-state index in [0.717, 1.165) is 16.1 Å². The molecule has 2 aromatic carbocycles. The number of hydrogen-bond donors (Lipinski definition) is 1. The van der Waals surface area contributed by atoms with E-state index in [9.17, 15) is 22.7 Å². The molecule has 4 rings (SSSR count). The lowest BCUT2D eigenvalue weighted by Crippen LogP contribution is -2.26. The maximum absolute atomic E-state index is 14.3. The Balaban J connectivity index is 1.89. The molecule has 0 fully saturated rings. The number of aromatic nitrogens is 1. The number of carbonyl (C=O) groups excluding carboxylic acids is 1. The number of fused-ring (bicyclic) bond motifs is 2. The predicted molar refractivity (Wildman–Crippen MR) is 111 cm³/mol. The molecule has 0 radical (unpaired) electrons. The van der Waals surface area contributed by atoms with Crippen LogP contribution in [0.25, 0.3) is 10.9 Å². The molecule has 0 saturated carbocycles. The van der Waals surface area contributed by atoms with Crippen molar-refractivity contribution in [3.05, 3.63) is 64.6 Å². The summed E-state index contributed by atoms with van der Waals surface area (Å²) in [7, 11) is -2.26. The van der Waals surface area contributed by atoms with Gasteiger partial charge in [-0.1, -0.05) is 12.1 Å². The van der Waals surface area contributed by atoms with Gasteiger partial charge in [-0.05, 0) is 30.7 Å². The Kier molecular flexibility index (Phi) is 4.65. The molecule has 0 spiro atoms. The van der Waals surface area contributed by atoms with Crippen LogP contribution in [-0.2, 0) is 23.1 Å². The summed E-state index contributed by atoms with van der Waals surface area (Å²) in [4.78, 5) is 18.7. The van der Waals surface area contributed by atoms with Crippen molar-refractivity contribution < 1.29 is 22.7 Å². The van der Waals surface area contributed by atoms with Crippen LogP contribution in [0.3, 0.4) is 0 Å². The van der Waals surface area contributed by atoms with Gasteiger partial charge in [0.15, 0.2) is 5.75 Å². The third kappa shape index (κ3) is 3.15. The highest BCUT2D eigenvalue weighted by Gasteiger charge is 2.37. The third-order valence-electron chi connectivity index (χ3n) is 5.34. The first-order chi connectivity index (χ1) is 14.1. The Morgan fingerprint density at radius 1 is 1.30 bits per heavy atom. The van der Waals surface area contributed by atoms with E-state index < -0.39 is 21.7 Å². The van der Waals surface area contributed by atoms with Crippen LogP contribution in [0.5, 0.6) is 5.75 Å². The average molecular weight is 429 g/mol. The van der Waals surface area contributed by atoms with Crippen molar-refractivity contribution in [2.24, 2.45) is 0 Å². The molecule has 0 bridgehead atoms. The van der Waals surface area contributed by atoms with E-state index in [1.54, 1.807) is 31.2 Å². The Labute approximate surface area is 173 Å². The van der Waals surface area contributed by atoms with E-state index in [1.807, 2.05) is 0 Å². The van der Waals surface area contributed by atoms with Gasteiger partial charge in [0.05, 0.1) is 17.5 Å². The number of anilines is 1. The molecule has 1 amide bonds. The van der Waals surface area contributed by atoms with Crippen molar-refractivity contribution in [1.29, 1.82) is 0 Å². The summed E-state index contributed by atoms with van der Waals surface area (Å²) in [5.74, 6) is -1.23. The Morgan fingerprint density at radius 2 is 2.03 bits per heavy atom. The molecular formula is C21H20FN3O4S. The molecule has 3 aromatic rings. The van der Waals surface area contributed by atoms with Crippen molar-refractivity contribution in [2.45, 2.75) is 20.0 Å². The second-order valence-corrected chi connectivity index (χ2v) is 9.45. The minimum atomic E-state index is -3.65. The van der Waals surface area contributed by atoms with Crippen LogP contribution >= 0.6 is 0 Å². The second-order valence-electron chi connectivity index (χ2n) is 7.44. The van der Waals surface area contributed by atoms with E-state index in [4.69, 9.17) is 0 Å². The number of aryl methyl sites for hydroxylation is 1. The Hall–Kier alpha value is -3.20. The fraction of sp³-hybridized carbons (Fsp3) is 0.238. The first-order valence-electron chi connectivity index (χ1n) is 9.20. The van der Waals surface area contributed by atoms with Crippen LogP contribution in [0.2, 0.25) is 0 Å². The van der Waals surface area contributed by atoms with Crippen LogP contribution < -0.4 is 4.31 Å². The van der Waals surface area contributed by atoms with Gasteiger partial charge in [0.2, 0.25) is 10.0 Å². The third-order valence-corrected chi connectivity index (χ3v) is 6.52. The molecule has 156 valence electrons. The van der Waals surface area contributed by atoms with Gasteiger partial charge < -0.3 is 10.0 Å². The minimum Gasteiger partial charge on any atom is -0.505 e. The number of pyridine rings is 1. The number of phenols is 1. The van der Waals surface area contributed by atoms with Crippen molar-refractivity contribution in [3.8, 4) is 5.75 Å². The molecule has 2 heterocycles. The molecule has 9 heteroatoms. The summed E-state index contributed by atoms with van der Waals surface area (Å²) in [6.07, 6.45) is 2.52. The number of benzene rings is 2. The number of sulfonamides is 1. The van der Waals surface area contributed by atoms with Gasteiger partial charge in [0, 0.05) is 42.8 Å². The van der Waals surface area contributed by atoms with Gasteiger partial charge in [0.25, 0.3) is 5.91 Å².